The van der Waals surface area contributed by atoms with Gasteiger partial charge in [-0.3, -0.25) is 4.79 Å². The van der Waals surface area contributed by atoms with Crippen molar-refractivity contribution in [3.8, 4) is 0 Å². The fraction of sp³-hybridized carbons (Fsp3) is 0.300. The summed E-state index contributed by atoms with van der Waals surface area (Å²) in [5.41, 5.74) is 0.592. The lowest BCUT2D eigenvalue weighted by atomic mass is 10.2. The minimum absolute atomic E-state index is 0.0261. The van der Waals surface area contributed by atoms with Crippen LogP contribution in [0.2, 0.25) is 0 Å². The van der Waals surface area contributed by atoms with Crippen LogP contribution in [0.25, 0.3) is 0 Å². The van der Waals surface area contributed by atoms with Gasteiger partial charge in [0.1, 0.15) is 6.29 Å². The van der Waals surface area contributed by atoms with E-state index in [4.69, 9.17) is 4.74 Å². The van der Waals surface area contributed by atoms with Crippen molar-refractivity contribution in [1.82, 2.24) is 0 Å². The molecule has 12 heavy (non-hydrogen) atoms. The molecule has 0 bridgehead atoms. The number of allylic oxidation sites excluding steroid dienone is 4. The average molecular weight is 166 g/mol. The van der Waals surface area contributed by atoms with Crippen molar-refractivity contribution >= 4 is 6.29 Å². The standard InChI is InChI=1S/C10H14O2/c1-4-5-10(8-11)7-6-9(2)12-3/h4-9H,1H2,2-3H3/b7-6-,10-5+. The number of methoxy groups -OCH3 is 1. The SMILES string of the molecule is C=C/C=C(C=O)\C=C/C(C)OC. The van der Waals surface area contributed by atoms with Crippen LogP contribution in [-0.2, 0) is 9.53 Å². The van der Waals surface area contributed by atoms with E-state index in [1.165, 1.54) is 0 Å². The van der Waals surface area contributed by atoms with E-state index in [0.29, 0.717) is 5.57 Å². The molecule has 66 valence electrons. The van der Waals surface area contributed by atoms with Crippen molar-refractivity contribution in [3.63, 3.8) is 0 Å². The van der Waals surface area contributed by atoms with Gasteiger partial charge in [-0.05, 0) is 6.92 Å². The second-order valence-electron chi connectivity index (χ2n) is 2.32. The maximum Gasteiger partial charge on any atom is 0.150 e. The number of aldehydes is 1. The minimum atomic E-state index is 0.0261. The van der Waals surface area contributed by atoms with Crippen molar-refractivity contribution in [1.29, 1.82) is 0 Å². The number of carbonyl (C=O) groups excluding carboxylic acids is 1. The predicted molar refractivity (Wildman–Crippen MR) is 50.0 cm³/mol. The largest absolute Gasteiger partial charge is 0.378 e. The Hall–Kier alpha value is -1.15. The molecule has 0 aliphatic carbocycles. The lowest BCUT2D eigenvalue weighted by molar-refractivity contribution is -0.104. The molecule has 0 aliphatic heterocycles. The van der Waals surface area contributed by atoms with Crippen molar-refractivity contribution < 1.29 is 9.53 Å². The van der Waals surface area contributed by atoms with Gasteiger partial charge in [-0.15, -0.1) is 0 Å². The molecule has 0 aromatic heterocycles. The van der Waals surface area contributed by atoms with E-state index in [1.807, 2.05) is 13.0 Å². The Bertz CT molecular complexity index is 202. The van der Waals surface area contributed by atoms with Crippen LogP contribution in [0.4, 0.5) is 0 Å². The maximum absolute atomic E-state index is 10.4. The van der Waals surface area contributed by atoms with E-state index in [1.54, 1.807) is 25.3 Å². The summed E-state index contributed by atoms with van der Waals surface area (Å²) in [5.74, 6) is 0. The number of rotatable bonds is 5. The molecule has 2 heteroatoms. The average Bonchev–Trinajstić information content (AvgIpc) is 2.11. The van der Waals surface area contributed by atoms with Crippen LogP contribution in [0.5, 0.6) is 0 Å². The van der Waals surface area contributed by atoms with Crippen LogP contribution in [0.1, 0.15) is 6.92 Å². The first kappa shape index (κ1) is 10.8. The van der Waals surface area contributed by atoms with Gasteiger partial charge >= 0.3 is 0 Å². The Kier molecular flexibility index (Phi) is 5.93. The lowest BCUT2D eigenvalue weighted by Gasteiger charge is -2.00. The molecular weight excluding hydrogens is 152 g/mol. The Labute approximate surface area is 73.2 Å². The van der Waals surface area contributed by atoms with Gasteiger partial charge in [0.05, 0.1) is 6.10 Å². The zero-order chi connectivity index (χ0) is 9.40. The molecule has 0 spiro atoms. The summed E-state index contributed by atoms with van der Waals surface area (Å²) < 4.78 is 4.97. The van der Waals surface area contributed by atoms with Crippen LogP contribution in [0, 0.1) is 0 Å². The van der Waals surface area contributed by atoms with Gasteiger partial charge in [-0.2, -0.15) is 0 Å². The lowest BCUT2D eigenvalue weighted by Crippen LogP contribution is -1.98. The third-order valence-electron chi connectivity index (χ3n) is 1.38. The van der Waals surface area contributed by atoms with Crippen LogP contribution < -0.4 is 0 Å². The Morgan fingerprint density at radius 2 is 2.25 bits per heavy atom. The highest BCUT2D eigenvalue weighted by molar-refractivity contribution is 5.77. The van der Waals surface area contributed by atoms with E-state index in [9.17, 15) is 4.79 Å². The molecule has 0 saturated heterocycles. The van der Waals surface area contributed by atoms with Gasteiger partial charge in [-0.25, -0.2) is 0 Å². The van der Waals surface area contributed by atoms with Gasteiger partial charge in [0.2, 0.25) is 0 Å². The summed E-state index contributed by atoms with van der Waals surface area (Å²) in [5, 5.41) is 0. The number of ether oxygens (including phenoxy) is 1. The Balaban J connectivity index is 4.19. The molecule has 0 aromatic carbocycles. The Morgan fingerprint density at radius 3 is 2.67 bits per heavy atom. The van der Waals surface area contributed by atoms with Gasteiger partial charge in [0, 0.05) is 12.7 Å². The molecule has 2 nitrogen and oxygen atoms in total. The first-order chi connectivity index (χ1) is 5.74. The quantitative estimate of drug-likeness (QED) is 0.354. The number of hydrogen-bond acceptors (Lipinski definition) is 2. The first-order valence-corrected chi connectivity index (χ1v) is 3.73. The summed E-state index contributed by atoms with van der Waals surface area (Å²) in [6.07, 6.45) is 7.54. The van der Waals surface area contributed by atoms with Crippen LogP contribution in [0.3, 0.4) is 0 Å². The molecule has 0 rings (SSSR count). The predicted octanol–water partition coefficient (Wildman–Crippen LogP) is 1.89. The molecule has 1 atom stereocenters. The summed E-state index contributed by atoms with van der Waals surface area (Å²) in [4.78, 5) is 10.4. The minimum Gasteiger partial charge on any atom is -0.378 e. The smallest absolute Gasteiger partial charge is 0.150 e. The summed E-state index contributed by atoms with van der Waals surface area (Å²) in [7, 11) is 1.62. The van der Waals surface area contributed by atoms with Crippen molar-refractivity contribution in [2.24, 2.45) is 0 Å². The fourth-order valence-electron chi connectivity index (χ4n) is 0.595. The maximum atomic E-state index is 10.4. The van der Waals surface area contributed by atoms with Crippen molar-refractivity contribution in [2.75, 3.05) is 7.11 Å². The molecule has 0 aromatic rings. The van der Waals surface area contributed by atoms with E-state index >= 15 is 0 Å². The summed E-state index contributed by atoms with van der Waals surface area (Å²) in [6.45, 7) is 5.39. The second-order valence-corrected chi connectivity index (χ2v) is 2.32. The molecule has 0 aliphatic rings. The molecule has 0 N–H and O–H groups in total. The zero-order valence-electron chi connectivity index (χ0n) is 7.49. The molecule has 0 saturated carbocycles. The van der Waals surface area contributed by atoms with Crippen LogP contribution in [-0.4, -0.2) is 19.5 Å². The first-order valence-electron chi connectivity index (χ1n) is 3.73. The van der Waals surface area contributed by atoms with E-state index in [2.05, 4.69) is 6.58 Å². The van der Waals surface area contributed by atoms with Crippen molar-refractivity contribution in [2.45, 2.75) is 13.0 Å². The third kappa shape index (κ3) is 4.63. The third-order valence-corrected chi connectivity index (χ3v) is 1.38. The second kappa shape index (κ2) is 6.55. The Morgan fingerprint density at radius 1 is 1.58 bits per heavy atom. The highest BCUT2D eigenvalue weighted by Crippen LogP contribution is 1.96. The highest BCUT2D eigenvalue weighted by Gasteiger charge is 1.91. The van der Waals surface area contributed by atoms with Crippen molar-refractivity contribution in [3.05, 3.63) is 36.5 Å². The fourth-order valence-corrected chi connectivity index (χ4v) is 0.595. The number of hydrogen-bond donors (Lipinski definition) is 0. The number of carbonyl (C=O) groups is 1. The molecule has 0 radical (unpaired) electrons. The van der Waals surface area contributed by atoms with Crippen LogP contribution in [0.15, 0.2) is 36.5 Å². The zero-order valence-corrected chi connectivity index (χ0v) is 7.49. The summed E-state index contributed by atoms with van der Waals surface area (Å²) in [6, 6.07) is 0. The van der Waals surface area contributed by atoms with Crippen LogP contribution >= 0.6 is 0 Å². The van der Waals surface area contributed by atoms with E-state index in [0.717, 1.165) is 6.29 Å². The molecule has 0 fully saturated rings. The van der Waals surface area contributed by atoms with Gasteiger partial charge < -0.3 is 4.74 Å². The van der Waals surface area contributed by atoms with Gasteiger partial charge in [-0.1, -0.05) is 30.9 Å². The molecule has 0 amide bonds. The molecule has 0 heterocycles. The monoisotopic (exact) mass is 166 g/mol. The highest BCUT2D eigenvalue weighted by atomic mass is 16.5. The molecular formula is C10H14O2. The topological polar surface area (TPSA) is 26.3 Å². The normalized spacial score (nSPS) is 14.7. The molecule has 1 unspecified atom stereocenters. The van der Waals surface area contributed by atoms with E-state index in [-0.39, 0.29) is 6.10 Å². The van der Waals surface area contributed by atoms with Gasteiger partial charge in [0.15, 0.2) is 0 Å². The summed E-state index contributed by atoms with van der Waals surface area (Å²) >= 11 is 0. The van der Waals surface area contributed by atoms with E-state index < -0.39 is 0 Å². The van der Waals surface area contributed by atoms with Gasteiger partial charge in [0.25, 0.3) is 0 Å².